The average Bonchev–Trinajstić information content (AvgIpc) is 3.31. The third kappa shape index (κ3) is 3.01. The van der Waals surface area contributed by atoms with E-state index in [2.05, 4.69) is 49.9 Å². The van der Waals surface area contributed by atoms with Gasteiger partial charge < -0.3 is 14.3 Å². The summed E-state index contributed by atoms with van der Waals surface area (Å²) in [6, 6.07) is 8.34. The van der Waals surface area contributed by atoms with Gasteiger partial charge in [-0.1, -0.05) is 6.07 Å². The van der Waals surface area contributed by atoms with Crippen molar-refractivity contribution in [1.82, 2.24) is 19.4 Å². The normalized spacial score (nSPS) is 18.9. The Hall–Kier alpha value is -2.27. The number of hydrogen-bond acceptors (Lipinski definition) is 3. The highest BCUT2D eigenvalue weighted by molar-refractivity contribution is 5.85. The number of nitrogens with zero attached hydrogens (tertiary/aromatic N) is 3. The van der Waals surface area contributed by atoms with Crippen molar-refractivity contribution in [3.63, 3.8) is 0 Å². The second kappa shape index (κ2) is 6.80. The molecule has 5 heteroatoms. The summed E-state index contributed by atoms with van der Waals surface area (Å²) < 4.78 is 8.78. The number of rotatable bonds is 4. The number of aromatic amines is 1. The van der Waals surface area contributed by atoms with Gasteiger partial charge in [0.1, 0.15) is 17.7 Å². The maximum absolute atomic E-state index is 6.34. The maximum atomic E-state index is 6.34. The zero-order chi connectivity index (χ0) is 17.3. The van der Waals surface area contributed by atoms with Crippen LogP contribution in [0.4, 0.5) is 0 Å². The molecular weight excluding hydrogens is 324 g/mol. The topological polar surface area (TPSA) is 46.1 Å². The molecule has 3 aromatic rings. The fourth-order valence-electron chi connectivity index (χ4n) is 4.36. The minimum Gasteiger partial charge on any atom is -0.490 e. The van der Waals surface area contributed by atoms with Gasteiger partial charge in [-0.05, 0) is 43.9 Å². The number of benzene rings is 1. The summed E-state index contributed by atoms with van der Waals surface area (Å²) in [5, 5.41) is 1.18. The first-order valence-corrected chi connectivity index (χ1v) is 9.85. The van der Waals surface area contributed by atoms with Gasteiger partial charge in [-0.3, -0.25) is 4.90 Å². The van der Waals surface area contributed by atoms with Gasteiger partial charge >= 0.3 is 0 Å². The quantitative estimate of drug-likeness (QED) is 0.780. The van der Waals surface area contributed by atoms with Crippen LogP contribution >= 0.6 is 0 Å². The zero-order valence-electron chi connectivity index (χ0n) is 15.2. The summed E-state index contributed by atoms with van der Waals surface area (Å²) in [6.07, 6.45) is 10.3. The number of aromatic nitrogens is 3. The number of imidazole rings is 1. The van der Waals surface area contributed by atoms with Gasteiger partial charge in [0.25, 0.3) is 0 Å². The van der Waals surface area contributed by atoms with Crippen LogP contribution in [0.1, 0.15) is 37.2 Å². The van der Waals surface area contributed by atoms with E-state index in [1.54, 1.807) is 0 Å². The van der Waals surface area contributed by atoms with Crippen molar-refractivity contribution in [2.24, 2.45) is 0 Å². The number of H-pyrrole nitrogens is 1. The summed E-state index contributed by atoms with van der Waals surface area (Å²) >= 11 is 0. The summed E-state index contributed by atoms with van der Waals surface area (Å²) in [4.78, 5) is 10.4. The van der Waals surface area contributed by atoms with E-state index in [4.69, 9.17) is 4.74 Å². The summed E-state index contributed by atoms with van der Waals surface area (Å²) in [5.41, 5.74) is 2.53. The SMILES string of the molecule is c1cc(OC2CCN(Cc3cnc4n3CCCC4)CC2)c2cc[nH]c2c1. The molecule has 1 aromatic carbocycles. The first-order chi connectivity index (χ1) is 12.9. The fourth-order valence-corrected chi connectivity index (χ4v) is 4.36. The Bertz CT molecular complexity index is 888. The molecule has 2 aliphatic rings. The zero-order valence-corrected chi connectivity index (χ0v) is 15.2. The minimum absolute atomic E-state index is 0.311. The van der Waals surface area contributed by atoms with Gasteiger partial charge in [0, 0.05) is 55.9 Å². The Kier molecular flexibility index (Phi) is 4.17. The smallest absolute Gasteiger partial charge is 0.129 e. The second-order valence-electron chi connectivity index (χ2n) is 7.56. The second-order valence-corrected chi connectivity index (χ2v) is 7.56. The molecule has 0 aliphatic carbocycles. The largest absolute Gasteiger partial charge is 0.490 e. The molecule has 0 radical (unpaired) electrons. The highest BCUT2D eigenvalue weighted by Gasteiger charge is 2.23. The molecule has 136 valence electrons. The minimum atomic E-state index is 0.311. The molecule has 0 unspecified atom stereocenters. The average molecular weight is 350 g/mol. The van der Waals surface area contributed by atoms with Gasteiger partial charge in [0.2, 0.25) is 0 Å². The molecule has 2 aromatic heterocycles. The lowest BCUT2D eigenvalue weighted by atomic mass is 10.1. The summed E-state index contributed by atoms with van der Waals surface area (Å²) in [7, 11) is 0. The Morgan fingerprint density at radius 2 is 2.04 bits per heavy atom. The number of likely N-dealkylation sites (tertiary alicyclic amines) is 1. The Morgan fingerprint density at radius 1 is 1.12 bits per heavy atom. The molecule has 5 nitrogen and oxygen atoms in total. The molecule has 1 saturated heterocycles. The molecule has 0 amide bonds. The van der Waals surface area contributed by atoms with Crippen molar-refractivity contribution in [3.8, 4) is 5.75 Å². The molecule has 0 bridgehead atoms. The standard InChI is InChI=1S/C21H26N4O/c1-2-11-25-16(14-23-21(25)6-1)15-24-12-8-17(9-13-24)26-20-5-3-4-19-18(20)7-10-22-19/h3-5,7,10,14,17,22H,1-2,6,8-9,11-13,15H2. The van der Waals surface area contributed by atoms with Gasteiger partial charge in [-0.15, -0.1) is 0 Å². The monoisotopic (exact) mass is 350 g/mol. The van der Waals surface area contributed by atoms with Crippen LogP contribution in [-0.4, -0.2) is 38.6 Å². The molecule has 5 rings (SSSR count). The number of piperidine rings is 1. The van der Waals surface area contributed by atoms with Crippen LogP contribution < -0.4 is 4.74 Å². The number of fused-ring (bicyclic) bond motifs is 2. The summed E-state index contributed by atoms with van der Waals surface area (Å²) in [5.74, 6) is 2.29. The van der Waals surface area contributed by atoms with Gasteiger partial charge in [-0.2, -0.15) is 0 Å². The number of ether oxygens (including phenoxy) is 1. The first-order valence-electron chi connectivity index (χ1n) is 9.85. The molecule has 0 saturated carbocycles. The predicted octanol–water partition coefficient (Wildman–Crippen LogP) is 3.74. The van der Waals surface area contributed by atoms with Crippen molar-refractivity contribution in [3.05, 3.63) is 48.2 Å². The third-order valence-corrected chi connectivity index (χ3v) is 5.82. The summed E-state index contributed by atoms with van der Waals surface area (Å²) in [6.45, 7) is 4.35. The van der Waals surface area contributed by atoms with Crippen LogP contribution in [0.25, 0.3) is 10.9 Å². The Labute approximate surface area is 154 Å². The molecular formula is C21H26N4O. The van der Waals surface area contributed by atoms with E-state index < -0.39 is 0 Å². The van der Waals surface area contributed by atoms with Crippen LogP contribution in [0.2, 0.25) is 0 Å². The van der Waals surface area contributed by atoms with Gasteiger partial charge in [-0.25, -0.2) is 4.98 Å². The van der Waals surface area contributed by atoms with Crippen LogP contribution in [0.3, 0.4) is 0 Å². The van der Waals surface area contributed by atoms with Crippen molar-refractivity contribution in [1.29, 1.82) is 0 Å². The first kappa shape index (κ1) is 15.9. The molecule has 0 atom stereocenters. The number of hydrogen-bond donors (Lipinski definition) is 1. The molecule has 26 heavy (non-hydrogen) atoms. The lowest BCUT2D eigenvalue weighted by molar-refractivity contribution is 0.0965. The van der Waals surface area contributed by atoms with Crippen molar-refractivity contribution >= 4 is 10.9 Å². The molecule has 2 aliphatic heterocycles. The molecule has 1 fully saturated rings. The Balaban J connectivity index is 1.20. The van der Waals surface area contributed by atoms with Crippen LogP contribution in [0.5, 0.6) is 5.75 Å². The van der Waals surface area contributed by atoms with Crippen molar-refractivity contribution in [2.75, 3.05) is 13.1 Å². The third-order valence-electron chi connectivity index (χ3n) is 5.82. The highest BCUT2D eigenvalue weighted by atomic mass is 16.5. The molecule has 4 heterocycles. The predicted molar refractivity (Wildman–Crippen MR) is 102 cm³/mol. The van der Waals surface area contributed by atoms with Crippen LogP contribution in [-0.2, 0) is 19.5 Å². The lowest BCUT2D eigenvalue weighted by Crippen LogP contribution is -2.38. The van der Waals surface area contributed by atoms with E-state index in [0.717, 1.165) is 56.7 Å². The van der Waals surface area contributed by atoms with Crippen LogP contribution in [0, 0.1) is 0 Å². The Morgan fingerprint density at radius 3 is 2.96 bits per heavy atom. The number of aryl methyl sites for hydroxylation is 1. The molecule has 1 N–H and O–H groups in total. The van der Waals surface area contributed by atoms with E-state index >= 15 is 0 Å². The lowest BCUT2D eigenvalue weighted by Gasteiger charge is -2.32. The maximum Gasteiger partial charge on any atom is 0.129 e. The molecule has 0 spiro atoms. The highest BCUT2D eigenvalue weighted by Crippen LogP contribution is 2.28. The number of nitrogens with one attached hydrogen (secondary N) is 1. The van der Waals surface area contributed by atoms with Gasteiger partial charge in [0.15, 0.2) is 0 Å². The van der Waals surface area contributed by atoms with E-state index in [0.29, 0.717) is 6.10 Å². The van der Waals surface area contributed by atoms with E-state index in [-0.39, 0.29) is 0 Å². The van der Waals surface area contributed by atoms with Crippen molar-refractivity contribution < 1.29 is 4.74 Å². The van der Waals surface area contributed by atoms with E-state index in [9.17, 15) is 0 Å². The van der Waals surface area contributed by atoms with E-state index in [1.165, 1.54) is 29.7 Å². The fraction of sp³-hybridized carbons (Fsp3) is 0.476. The van der Waals surface area contributed by atoms with Crippen molar-refractivity contribution in [2.45, 2.75) is 51.3 Å². The van der Waals surface area contributed by atoms with Gasteiger partial charge in [0.05, 0.1) is 5.69 Å². The van der Waals surface area contributed by atoms with E-state index in [1.807, 2.05) is 6.20 Å². The van der Waals surface area contributed by atoms with Crippen LogP contribution in [0.15, 0.2) is 36.7 Å².